The maximum atomic E-state index is 11.7. The molecule has 0 radical (unpaired) electrons. The van der Waals surface area contributed by atoms with Gasteiger partial charge < -0.3 is 38.7 Å². The minimum atomic E-state index is -1.49. The maximum absolute atomic E-state index is 11.7. The molecule has 12 nitrogen and oxygen atoms in total. The van der Waals surface area contributed by atoms with Crippen molar-refractivity contribution in [1.82, 2.24) is 0 Å². The molecular weight excluding hydrogens is 786 g/mol. The molecule has 0 aromatic carbocycles. The monoisotopic (exact) mass is 862 g/mol. The van der Waals surface area contributed by atoms with E-state index in [1.807, 2.05) is 0 Å². The van der Waals surface area contributed by atoms with Gasteiger partial charge >= 0.3 is 43.4 Å². The molecule has 4 atom stereocenters. The molecule has 328 valence electrons. The van der Waals surface area contributed by atoms with Crippen LogP contribution in [0.1, 0.15) is 221 Å². The second-order valence-corrected chi connectivity index (χ2v) is 15.0. The average molecular weight is 864 g/mol. The SMILES string of the molecule is CCCCCCCCCCCCCCCC(=O)OC(C)C(=O)OC(C)C(=O)[O-].CCCCCCCCCCCCCCCC(=O)OC(C)C(=O)OC(C)C(=O)[O-].[Zn+2]. The van der Waals surface area contributed by atoms with E-state index in [9.17, 15) is 39.0 Å². The summed E-state index contributed by atoms with van der Waals surface area (Å²) >= 11 is 0. The van der Waals surface area contributed by atoms with E-state index in [0.29, 0.717) is 0 Å². The Labute approximate surface area is 357 Å². The van der Waals surface area contributed by atoms with Gasteiger partial charge in [-0.1, -0.05) is 168 Å². The summed E-state index contributed by atoms with van der Waals surface area (Å²) in [6.45, 7) is 9.59. The third kappa shape index (κ3) is 40.0. The van der Waals surface area contributed by atoms with E-state index in [1.54, 1.807) is 0 Å². The van der Waals surface area contributed by atoms with Gasteiger partial charge in [0.25, 0.3) is 0 Å². The molecule has 0 amide bonds. The molecular formula is C44H78O12Zn. The number of carboxylic acid groups (broad SMARTS) is 2. The number of carbonyl (C=O) groups is 6. The molecule has 0 aromatic rings. The van der Waals surface area contributed by atoms with Crippen LogP contribution >= 0.6 is 0 Å². The summed E-state index contributed by atoms with van der Waals surface area (Å²) in [5, 5.41) is 21.1. The Kier molecular flexibility index (Phi) is 42.9. The molecule has 0 saturated heterocycles. The molecule has 0 bridgehead atoms. The van der Waals surface area contributed by atoms with E-state index in [4.69, 9.17) is 9.47 Å². The normalized spacial score (nSPS) is 12.7. The van der Waals surface area contributed by atoms with Gasteiger partial charge in [-0.25, -0.2) is 9.59 Å². The van der Waals surface area contributed by atoms with Crippen molar-refractivity contribution in [1.29, 1.82) is 0 Å². The van der Waals surface area contributed by atoms with Crippen LogP contribution in [0.4, 0.5) is 0 Å². The van der Waals surface area contributed by atoms with Crippen molar-refractivity contribution in [2.45, 2.75) is 246 Å². The van der Waals surface area contributed by atoms with Crippen molar-refractivity contribution in [3.63, 3.8) is 0 Å². The largest absolute Gasteiger partial charge is 2.00 e. The third-order valence-corrected chi connectivity index (χ3v) is 9.50. The quantitative estimate of drug-likeness (QED) is 0.0255. The van der Waals surface area contributed by atoms with Gasteiger partial charge in [0.15, 0.2) is 12.2 Å². The zero-order valence-electron chi connectivity index (χ0n) is 36.7. The smallest absolute Gasteiger partial charge is 0.546 e. The standard InChI is InChI=1S/2C22H40O6.Zn/c2*1-4-5-6-7-8-9-10-11-12-13-14-15-16-17-20(23)27-19(3)22(26)28-18(2)21(24)25;/h2*18-19H,4-17H2,1-3H3,(H,24,25);/q;;+2/p-2. The van der Waals surface area contributed by atoms with Crippen molar-refractivity contribution in [2.24, 2.45) is 0 Å². The number of rotatable bonds is 36. The second-order valence-electron chi connectivity index (χ2n) is 15.0. The minimum Gasteiger partial charge on any atom is -0.546 e. The Balaban J connectivity index is -0.00000101. The predicted molar refractivity (Wildman–Crippen MR) is 213 cm³/mol. The van der Waals surface area contributed by atoms with Crippen molar-refractivity contribution in [2.75, 3.05) is 0 Å². The molecule has 0 spiro atoms. The average Bonchev–Trinajstić information content (AvgIpc) is 3.15. The molecule has 0 aliphatic rings. The van der Waals surface area contributed by atoms with Gasteiger partial charge in [0.05, 0.1) is 11.9 Å². The van der Waals surface area contributed by atoms with E-state index < -0.39 is 60.2 Å². The van der Waals surface area contributed by atoms with Crippen LogP contribution in [-0.2, 0) is 67.2 Å². The van der Waals surface area contributed by atoms with Crippen LogP contribution in [0, 0.1) is 0 Å². The van der Waals surface area contributed by atoms with Gasteiger partial charge in [-0.3, -0.25) is 9.59 Å². The number of hydrogen-bond acceptors (Lipinski definition) is 12. The van der Waals surface area contributed by atoms with Crippen LogP contribution in [0.5, 0.6) is 0 Å². The number of carboxylic acids is 2. The fraction of sp³-hybridized carbons (Fsp3) is 0.864. The summed E-state index contributed by atoms with van der Waals surface area (Å²) in [7, 11) is 0. The summed E-state index contributed by atoms with van der Waals surface area (Å²) in [4.78, 5) is 67.7. The van der Waals surface area contributed by atoms with Crippen LogP contribution in [0.3, 0.4) is 0 Å². The maximum Gasteiger partial charge on any atom is 2.00 e. The summed E-state index contributed by atoms with van der Waals surface area (Å²) in [6, 6.07) is 0. The number of aliphatic carboxylic acids is 2. The molecule has 4 unspecified atom stereocenters. The first-order chi connectivity index (χ1) is 26.8. The van der Waals surface area contributed by atoms with Crippen LogP contribution < -0.4 is 10.2 Å². The summed E-state index contributed by atoms with van der Waals surface area (Å²) in [5.41, 5.74) is 0. The van der Waals surface area contributed by atoms with Crippen molar-refractivity contribution in [3.05, 3.63) is 0 Å². The summed E-state index contributed by atoms with van der Waals surface area (Å²) in [6.07, 6.45) is 27.5. The Morgan fingerprint density at radius 1 is 0.351 bits per heavy atom. The van der Waals surface area contributed by atoms with Crippen molar-refractivity contribution in [3.8, 4) is 0 Å². The van der Waals surface area contributed by atoms with Gasteiger partial charge in [-0.15, -0.1) is 0 Å². The molecule has 0 N–H and O–H groups in total. The van der Waals surface area contributed by atoms with E-state index in [0.717, 1.165) is 38.5 Å². The van der Waals surface area contributed by atoms with Crippen LogP contribution in [0.15, 0.2) is 0 Å². The number of esters is 4. The number of hydrogen-bond donors (Lipinski definition) is 0. The van der Waals surface area contributed by atoms with Gasteiger partial charge in [0.1, 0.15) is 12.2 Å². The van der Waals surface area contributed by atoms with Crippen LogP contribution in [-0.4, -0.2) is 60.2 Å². The van der Waals surface area contributed by atoms with Gasteiger partial charge in [-0.2, -0.15) is 0 Å². The fourth-order valence-electron chi connectivity index (χ4n) is 5.82. The number of unbranched alkanes of at least 4 members (excludes halogenated alkanes) is 24. The van der Waals surface area contributed by atoms with E-state index in [2.05, 4.69) is 23.3 Å². The number of carbonyl (C=O) groups excluding carboxylic acids is 6. The van der Waals surface area contributed by atoms with Crippen LogP contribution in [0.25, 0.3) is 0 Å². The van der Waals surface area contributed by atoms with E-state index in [-0.39, 0.29) is 32.3 Å². The summed E-state index contributed by atoms with van der Waals surface area (Å²) < 4.78 is 19.2. The van der Waals surface area contributed by atoms with E-state index >= 15 is 0 Å². The van der Waals surface area contributed by atoms with Crippen molar-refractivity contribution < 1.29 is 77.4 Å². The molecule has 0 heterocycles. The molecule has 0 fully saturated rings. The number of ether oxygens (including phenoxy) is 4. The molecule has 0 aliphatic heterocycles. The zero-order chi connectivity index (χ0) is 42.4. The van der Waals surface area contributed by atoms with E-state index in [1.165, 1.54) is 156 Å². The summed E-state index contributed by atoms with van der Waals surface area (Å²) in [5.74, 6) is -5.66. The topological polar surface area (TPSA) is 185 Å². The Morgan fingerprint density at radius 3 is 0.772 bits per heavy atom. The molecule has 0 rings (SSSR count). The fourth-order valence-corrected chi connectivity index (χ4v) is 5.82. The third-order valence-electron chi connectivity index (χ3n) is 9.50. The Bertz CT molecular complexity index is 957. The van der Waals surface area contributed by atoms with Crippen LogP contribution in [0.2, 0.25) is 0 Å². The van der Waals surface area contributed by atoms with Gasteiger partial charge in [0, 0.05) is 12.8 Å². The minimum absolute atomic E-state index is 0. The first-order valence-electron chi connectivity index (χ1n) is 22.0. The first-order valence-corrected chi connectivity index (χ1v) is 22.0. The zero-order valence-corrected chi connectivity index (χ0v) is 39.7. The first kappa shape index (κ1) is 58.8. The Morgan fingerprint density at radius 2 is 0.561 bits per heavy atom. The molecule has 0 saturated carbocycles. The second kappa shape index (κ2) is 41.6. The Hall–Kier alpha value is -2.56. The van der Waals surface area contributed by atoms with Gasteiger partial charge in [-0.05, 0) is 40.5 Å². The van der Waals surface area contributed by atoms with Crippen molar-refractivity contribution >= 4 is 35.8 Å². The molecule has 0 aliphatic carbocycles. The molecule has 13 heteroatoms. The molecule has 57 heavy (non-hydrogen) atoms. The predicted octanol–water partition coefficient (Wildman–Crippen LogP) is 8.16. The molecule has 0 aromatic heterocycles. The van der Waals surface area contributed by atoms with Gasteiger partial charge in [0.2, 0.25) is 0 Å².